The van der Waals surface area contributed by atoms with Crippen LogP contribution >= 0.6 is 0 Å². The third-order valence-corrected chi connectivity index (χ3v) is 6.91. The first-order valence-electron chi connectivity index (χ1n) is 11.2. The third kappa shape index (κ3) is 3.76. The summed E-state index contributed by atoms with van der Waals surface area (Å²) in [5.41, 5.74) is 4.60. The van der Waals surface area contributed by atoms with E-state index in [0.717, 1.165) is 58.9 Å². The van der Waals surface area contributed by atoms with Crippen molar-refractivity contribution in [2.45, 2.75) is 59.0 Å². The lowest BCUT2D eigenvalue weighted by Crippen LogP contribution is -2.26. The van der Waals surface area contributed by atoms with E-state index in [-0.39, 0.29) is 11.6 Å². The lowest BCUT2D eigenvalue weighted by Gasteiger charge is -2.20. The lowest BCUT2D eigenvalue weighted by atomic mass is 9.98. The average molecular weight is 421 g/mol. The van der Waals surface area contributed by atoms with Crippen LogP contribution < -0.4 is 4.74 Å². The number of rotatable bonds is 7. The molecule has 1 aromatic heterocycles. The number of ether oxygens (including phenoxy) is 1. The molecule has 5 nitrogen and oxygen atoms in total. The summed E-state index contributed by atoms with van der Waals surface area (Å²) in [5.74, 6) is 0.654. The SMILES string of the molecule is CCc1cc2c(cc1C(C)=O)c1cc(C(C)=O)c(OC)cc1n2CCC1CCCN1C. The number of benzene rings is 2. The molecule has 3 aromatic rings. The molecule has 0 radical (unpaired) electrons. The van der Waals surface area contributed by atoms with Crippen LogP contribution in [0.4, 0.5) is 0 Å². The van der Waals surface area contributed by atoms with Gasteiger partial charge in [0.05, 0.1) is 18.2 Å². The zero-order valence-corrected chi connectivity index (χ0v) is 19.2. The maximum atomic E-state index is 12.3. The van der Waals surface area contributed by atoms with Crippen molar-refractivity contribution in [3.05, 3.63) is 41.0 Å². The van der Waals surface area contributed by atoms with Gasteiger partial charge in [0.25, 0.3) is 0 Å². The monoisotopic (exact) mass is 420 g/mol. The zero-order chi connectivity index (χ0) is 22.3. The molecule has 1 atom stereocenters. The molecule has 0 amide bonds. The van der Waals surface area contributed by atoms with Gasteiger partial charge in [-0.2, -0.15) is 0 Å². The number of hydrogen-bond acceptors (Lipinski definition) is 4. The Morgan fingerprint density at radius 1 is 1.03 bits per heavy atom. The van der Waals surface area contributed by atoms with Crippen LogP contribution in [0.2, 0.25) is 0 Å². The van der Waals surface area contributed by atoms with Gasteiger partial charge >= 0.3 is 0 Å². The summed E-state index contributed by atoms with van der Waals surface area (Å²) < 4.78 is 7.92. The van der Waals surface area contributed by atoms with Crippen LogP contribution in [0.5, 0.6) is 5.75 Å². The van der Waals surface area contributed by atoms with Gasteiger partial charge < -0.3 is 14.2 Å². The second kappa shape index (κ2) is 8.46. The number of likely N-dealkylation sites (tertiary alicyclic amines) is 1. The molecule has 0 aliphatic carbocycles. The molecule has 2 aromatic carbocycles. The van der Waals surface area contributed by atoms with Crippen molar-refractivity contribution in [1.82, 2.24) is 9.47 Å². The number of carbonyl (C=O) groups is 2. The van der Waals surface area contributed by atoms with E-state index >= 15 is 0 Å². The van der Waals surface area contributed by atoms with Crippen molar-refractivity contribution < 1.29 is 14.3 Å². The maximum absolute atomic E-state index is 12.3. The van der Waals surface area contributed by atoms with Crippen LogP contribution in [0.3, 0.4) is 0 Å². The van der Waals surface area contributed by atoms with Crippen molar-refractivity contribution >= 4 is 33.4 Å². The van der Waals surface area contributed by atoms with Gasteiger partial charge in [0.1, 0.15) is 5.75 Å². The first kappa shape index (κ1) is 21.6. The highest BCUT2D eigenvalue weighted by Gasteiger charge is 2.23. The number of aryl methyl sites for hydroxylation is 2. The van der Waals surface area contributed by atoms with Gasteiger partial charge in [-0.3, -0.25) is 9.59 Å². The number of nitrogens with zero attached hydrogens (tertiary/aromatic N) is 2. The summed E-state index contributed by atoms with van der Waals surface area (Å²) in [6.07, 6.45) is 4.37. The predicted octanol–water partition coefficient (Wildman–Crippen LogP) is 5.26. The molecule has 1 saturated heterocycles. The fraction of sp³-hybridized carbons (Fsp3) is 0.462. The molecular formula is C26H32N2O3. The average Bonchev–Trinajstić information content (AvgIpc) is 3.29. The minimum Gasteiger partial charge on any atom is -0.496 e. The van der Waals surface area contributed by atoms with E-state index in [1.807, 2.05) is 18.2 Å². The third-order valence-electron chi connectivity index (χ3n) is 6.91. The Morgan fingerprint density at radius 3 is 2.23 bits per heavy atom. The Bertz CT molecular complexity index is 1100. The molecule has 164 valence electrons. The van der Waals surface area contributed by atoms with Crippen molar-refractivity contribution in [1.29, 1.82) is 0 Å². The van der Waals surface area contributed by atoms with Gasteiger partial charge in [0, 0.05) is 40.5 Å². The number of aromatic nitrogens is 1. The van der Waals surface area contributed by atoms with E-state index in [9.17, 15) is 9.59 Å². The first-order chi connectivity index (χ1) is 14.8. The predicted molar refractivity (Wildman–Crippen MR) is 126 cm³/mol. The topological polar surface area (TPSA) is 51.5 Å². The molecule has 1 fully saturated rings. The van der Waals surface area contributed by atoms with Crippen molar-refractivity contribution in [3.63, 3.8) is 0 Å². The van der Waals surface area contributed by atoms with Crippen molar-refractivity contribution in [2.75, 3.05) is 20.7 Å². The molecule has 1 aliphatic heterocycles. The van der Waals surface area contributed by atoms with Crippen molar-refractivity contribution in [3.8, 4) is 5.75 Å². The Morgan fingerprint density at radius 2 is 1.68 bits per heavy atom. The summed E-state index contributed by atoms with van der Waals surface area (Å²) in [6, 6.07) is 8.71. The van der Waals surface area contributed by atoms with Crippen LogP contribution in [0.1, 0.15) is 66.3 Å². The highest BCUT2D eigenvalue weighted by molar-refractivity contribution is 6.14. The van der Waals surface area contributed by atoms with Crippen LogP contribution in [-0.2, 0) is 13.0 Å². The Kier molecular flexibility index (Phi) is 5.89. The molecule has 0 bridgehead atoms. The zero-order valence-electron chi connectivity index (χ0n) is 19.2. The van der Waals surface area contributed by atoms with E-state index in [1.54, 1.807) is 21.0 Å². The number of ketones is 2. The van der Waals surface area contributed by atoms with Gasteiger partial charge in [-0.1, -0.05) is 6.92 Å². The van der Waals surface area contributed by atoms with Crippen LogP contribution in [-0.4, -0.2) is 47.8 Å². The van der Waals surface area contributed by atoms with Gasteiger partial charge in [0.2, 0.25) is 0 Å². The number of fused-ring (bicyclic) bond motifs is 3. The van der Waals surface area contributed by atoms with Crippen LogP contribution in [0.15, 0.2) is 24.3 Å². The molecule has 0 saturated carbocycles. The van der Waals surface area contributed by atoms with E-state index < -0.39 is 0 Å². The fourth-order valence-electron chi connectivity index (χ4n) is 5.14. The van der Waals surface area contributed by atoms with Crippen LogP contribution in [0.25, 0.3) is 21.8 Å². The smallest absolute Gasteiger partial charge is 0.163 e. The van der Waals surface area contributed by atoms with E-state index in [4.69, 9.17) is 4.74 Å². The summed E-state index contributed by atoms with van der Waals surface area (Å²) in [7, 11) is 3.82. The Balaban J connectivity index is 1.97. The van der Waals surface area contributed by atoms with Gasteiger partial charge in [-0.05, 0) is 76.9 Å². The molecule has 1 aliphatic rings. The van der Waals surface area contributed by atoms with Crippen LogP contribution in [0, 0.1) is 0 Å². The van der Waals surface area contributed by atoms with Crippen molar-refractivity contribution in [2.24, 2.45) is 0 Å². The largest absolute Gasteiger partial charge is 0.496 e. The number of methoxy groups -OCH3 is 1. The Hall–Kier alpha value is -2.66. The van der Waals surface area contributed by atoms with Gasteiger partial charge in [-0.25, -0.2) is 0 Å². The molecule has 5 heteroatoms. The second-order valence-electron chi connectivity index (χ2n) is 8.78. The highest BCUT2D eigenvalue weighted by atomic mass is 16.5. The van der Waals surface area contributed by atoms with E-state index in [2.05, 4.69) is 29.5 Å². The lowest BCUT2D eigenvalue weighted by molar-refractivity contribution is 0.100. The summed E-state index contributed by atoms with van der Waals surface area (Å²) in [6.45, 7) is 7.33. The minimum absolute atomic E-state index is 0.0239. The standard InChI is InChI=1S/C26H32N2O3/c1-6-18-12-24-22(13-20(18)16(2)29)23-14-21(17(3)30)26(31-5)15-25(23)28(24)11-9-19-8-7-10-27(19)4/h12-15,19H,6-11H2,1-5H3. The van der Waals surface area contributed by atoms with E-state index in [1.165, 1.54) is 12.8 Å². The molecule has 4 rings (SSSR count). The van der Waals surface area contributed by atoms with Gasteiger partial charge in [0.15, 0.2) is 11.6 Å². The first-order valence-corrected chi connectivity index (χ1v) is 11.2. The fourth-order valence-corrected chi connectivity index (χ4v) is 5.14. The molecule has 31 heavy (non-hydrogen) atoms. The Labute approximate surface area is 184 Å². The number of Topliss-reactive ketones (excluding diaryl/α,β-unsaturated/α-hetero) is 2. The van der Waals surface area contributed by atoms with Gasteiger partial charge in [-0.15, -0.1) is 0 Å². The molecule has 2 heterocycles. The summed E-state index contributed by atoms with van der Waals surface area (Å²) in [5, 5.41) is 2.04. The molecule has 1 unspecified atom stereocenters. The summed E-state index contributed by atoms with van der Waals surface area (Å²) in [4.78, 5) is 27.1. The highest BCUT2D eigenvalue weighted by Crippen LogP contribution is 2.36. The minimum atomic E-state index is -0.0239. The molecule has 0 N–H and O–H groups in total. The number of carbonyl (C=O) groups excluding carboxylic acids is 2. The molecule has 0 spiro atoms. The summed E-state index contributed by atoms with van der Waals surface area (Å²) >= 11 is 0. The molecular weight excluding hydrogens is 388 g/mol. The second-order valence-corrected chi connectivity index (χ2v) is 8.78. The normalized spacial score (nSPS) is 17.0. The number of hydrogen-bond donors (Lipinski definition) is 0. The quantitative estimate of drug-likeness (QED) is 0.490. The van der Waals surface area contributed by atoms with E-state index in [0.29, 0.717) is 17.4 Å². The maximum Gasteiger partial charge on any atom is 0.163 e.